The molecule has 2 aliphatic heterocycles. The number of carbonyl (C=O) groups excluding carboxylic acids is 2. The second-order valence-electron chi connectivity index (χ2n) is 8.52. The van der Waals surface area contributed by atoms with E-state index in [1.165, 1.54) is 6.20 Å². The van der Waals surface area contributed by atoms with Crippen LogP contribution in [0.1, 0.15) is 38.7 Å². The first kappa shape index (κ1) is 17.0. The van der Waals surface area contributed by atoms with Crippen molar-refractivity contribution in [2.75, 3.05) is 11.5 Å². The molecule has 0 bridgehead atoms. The molecule has 3 heterocycles. The Bertz CT molecular complexity index is 1000. The molecule has 2 fully saturated rings. The first-order chi connectivity index (χ1) is 13.3. The Morgan fingerprint density at radius 1 is 1.21 bits per heavy atom. The number of carbonyl (C=O) groups is 2. The number of hydrogen-bond donors (Lipinski definition) is 1. The summed E-state index contributed by atoms with van der Waals surface area (Å²) in [6.07, 6.45) is 2.57. The minimum atomic E-state index is -0.924. The van der Waals surface area contributed by atoms with Crippen LogP contribution in [0.3, 0.4) is 0 Å². The Kier molecular flexibility index (Phi) is 3.33. The fourth-order valence-corrected chi connectivity index (χ4v) is 4.00. The first-order valence-corrected chi connectivity index (χ1v) is 9.35. The highest BCUT2D eigenvalue weighted by Gasteiger charge is 2.56. The second-order valence-corrected chi connectivity index (χ2v) is 8.52. The van der Waals surface area contributed by atoms with Gasteiger partial charge < -0.3 is 14.8 Å². The maximum atomic E-state index is 12.4. The molecule has 2 aromatic rings. The molecule has 28 heavy (non-hydrogen) atoms. The van der Waals surface area contributed by atoms with Crippen LogP contribution >= 0.6 is 0 Å². The van der Waals surface area contributed by atoms with Gasteiger partial charge in [0, 0.05) is 23.0 Å². The summed E-state index contributed by atoms with van der Waals surface area (Å²) in [5.74, 6) is 2.14. The number of nitrogens with one attached hydrogen (secondary N) is 1. The van der Waals surface area contributed by atoms with E-state index in [-0.39, 0.29) is 11.3 Å². The van der Waals surface area contributed by atoms with Crippen molar-refractivity contribution >= 4 is 17.6 Å². The molecule has 1 N–H and O–H groups in total. The van der Waals surface area contributed by atoms with Gasteiger partial charge in [0.15, 0.2) is 0 Å². The molecule has 0 radical (unpaired) electrons. The van der Waals surface area contributed by atoms with Gasteiger partial charge >= 0.3 is 6.03 Å². The lowest BCUT2D eigenvalue weighted by Crippen LogP contribution is -2.40. The standard InChI is InChI=1S/C21H21N3O4/c1-20(2)18(25)24(19(26)23-20)12-7-8-16(22-10-12)28-15-6-4-5-14-17(15)13-9-21(13,3)11-27-14/h4-8,10,13H,9,11H2,1-3H3,(H,23,26). The Morgan fingerprint density at radius 3 is 2.71 bits per heavy atom. The van der Waals surface area contributed by atoms with E-state index >= 15 is 0 Å². The zero-order chi connectivity index (χ0) is 19.7. The van der Waals surface area contributed by atoms with Gasteiger partial charge in [0.2, 0.25) is 5.88 Å². The van der Waals surface area contributed by atoms with E-state index in [0.29, 0.717) is 17.5 Å². The zero-order valence-corrected chi connectivity index (χ0v) is 16.0. The Hall–Kier alpha value is -3.09. The predicted molar refractivity (Wildman–Crippen MR) is 102 cm³/mol. The van der Waals surface area contributed by atoms with Crippen LogP contribution in [-0.2, 0) is 4.79 Å². The van der Waals surface area contributed by atoms with Crippen LogP contribution in [0.4, 0.5) is 10.5 Å². The lowest BCUT2D eigenvalue weighted by atomic mass is 9.97. The van der Waals surface area contributed by atoms with E-state index in [1.807, 2.05) is 18.2 Å². The summed E-state index contributed by atoms with van der Waals surface area (Å²) in [7, 11) is 0. The first-order valence-electron chi connectivity index (χ1n) is 9.35. The molecule has 3 aliphatic rings. The number of nitrogens with zero attached hydrogens (tertiary/aromatic N) is 2. The van der Waals surface area contributed by atoms with Gasteiger partial charge in [-0.2, -0.15) is 0 Å². The maximum Gasteiger partial charge on any atom is 0.329 e. The molecule has 3 amide bonds. The van der Waals surface area contributed by atoms with Crippen molar-refractivity contribution in [2.24, 2.45) is 5.41 Å². The molecule has 1 saturated heterocycles. The summed E-state index contributed by atoms with van der Waals surface area (Å²) in [5, 5.41) is 2.66. The number of benzene rings is 1. The minimum Gasteiger partial charge on any atom is -0.493 e. The van der Waals surface area contributed by atoms with Crippen molar-refractivity contribution in [3.63, 3.8) is 0 Å². The third-order valence-corrected chi connectivity index (χ3v) is 5.84. The summed E-state index contributed by atoms with van der Waals surface area (Å²) in [4.78, 5) is 29.9. The molecule has 1 aromatic heterocycles. The second kappa shape index (κ2) is 5.47. The maximum absolute atomic E-state index is 12.4. The fraction of sp³-hybridized carbons (Fsp3) is 0.381. The lowest BCUT2D eigenvalue weighted by Gasteiger charge is -2.24. The molecule has 7 nitrogen and oxygen atoms in total. The van der Waals surface area contributed by atoms with Crippen LogP contribution in [0.5, 0.6) is 17.4 Å². The fourth-order valence-electron chi connectivity index (χ4n) is 4.00. The highest BCUT2D eigenvalue weighted by Crippen LogP contribution is 2.65. The van der Waals surface area contributed by atoms with Gasteiger partial charge in [-0.05, 0) is 38.5 Å². The van der Waals surface area contributed by atoms with Crippen molar-refractivity contribution in [3.8, 4) is 17.4 Å². The zero-order valence-electron chi connectivity index (χ0n) is 16.0. The summed E-state index contributed by atoms with van der Waals surface area (Å²) in [6, 6.07) is 8.67. The van der Waals surface area contributed by atoms with E-state index in [2.05, 4.69) is 17.2 Å². The topological polar surface area (TPSA) is 80.8 Å². The summed E-state index contributed by atoms with van der Waals surface area (Å²) in [5.41, 5.74) is 0.776. The largest absolute Gasteiger partial charge is 0.493 e. The normalized spacial score (nSPS) is 26.8. The molecule has 1 aliphatic carbocycles. The highest BCUT2D eigenvalue weighted by atomic mass is 16.5. The number of rotatable bonds is 3. The number of hydrogen-bond acceptors (Lipinski definition) is 5. The molecule has 2 unspecified atom stereocenters. The van der Waals surface area contributed by atoms with Crippen molar-refractivity contribution in [1.29, 1.82) is 0 Å². The molecule has 7 heteroatoms. The summed E-state index contributed by atoms with van der Waals surface area (Å²) >= 11 is 0. The number of imide groups is 1. The number of anilines is 1. The molecule has 5 rings (SSSR count). The minimum absolute atomic E-state index is 0.194. The number of aromatic nitrogens is 1. The third kappa shape index (κ3) is 2.46. The van der Waals surface area contributed by atoms with Crippen LogP contribution < -0.4 is 19.7 Å². The van der Waals surface area contributed by atoms with Crippen LogP contribution in [0.25, 0.3) is 0 Å². The van der Waals surface area contributed by atoms with E-state index in [4.69, 9.17) is 9.47 Å². The van der Waals surface area contributed by atoms with Crippen LogP contribution in [0, 0.1) is 5.41 Å². The molecule has 144 valence electrons. The van der Waals surface area contributed by atoms with E-state index < -0.39 is 11.6 Å². The van der Waals surface area contributed by atoms with Crippen LogP contribution in [-0.4, -0.2) is 29.1 Å². The Morgan fingerprint density at radius 2 is 2.04 bits per heavy atom. The molecule has 0 spiro atoms. The van der Waals surface area contributed by atoms with Crippen molar-refractivity contribution in [2.45, 2.75) is 38.6 Å². The van der Waals surface area contributed by atoms with E-state index in [0.717, 1.165) is 35.0 Å². The van der Waals surface area contributed by atoms with Gasteiger partial charge in [0.25, 0.3) is 5.91 Å². The quantitative estimate of drug-likeness (QED) is 0.824. The van der Waals surface area contributed by atoms with Gasteiger partial charge in [0.05, 0.1) is 18.5 Å². The van der Waals surface area contributed by atoms with E-state index in [9.17, 15) is 9.59 Å². The highest BCUT2D eigenvalue weighted by molar-refractivity contribution is 6.22. The molecule has 2 atom stereocenters. The van der Waals surface area contributed by atoms with Crippen molar-refractivity contribution in [1.82, 2.24) is 10.3 Å². The average molecular weight is 379 g/mol. The molecule has 1 aromatic carbocycles. The SMILES string of the molecule is CC1(C)NC(=O)N(c2ccc(Oc3cccc4c3C3CC3(C)CO4)nc2)C1=O. The van der Waals surface area contributed by atoms with Gasteiger partial charge in [-0.15, -0.1) is 0 Å². The number of fused-ring (bicyclic) bond motifs is 3. The average Bonchev–Trinajstić information content (AvgIpc) is 3.29. The number of pyridine rings is 1. The van der Waals surface area contributed by atoms with Crippen LogP contribution in [0.15, 0.2) is 36.5 Å². The Labute approximate surface area is 162 Å². The van der Waals surface area contributed by atoms with Gasteiger partial charge in [-0.25, -0.2) is 14.7 Å². The molecule has 1 saturated carbocycles. The van der Waals surface area contributed by atoms with Gasteiger partial charge in [-0.3, -0.25) is 4.79 Å². The van der Waals surface area contributed by atoms with Gasteiger partial charge in [0.1, 0.15) is 17.0 Å². The summed E-state index contributed by atoms with van der Waals surface area (Å²) in [6.45, 7) is 6.31. The van der Waals surface area contributed by atoms with Crippen LogP contribution in [0.2, 0.25) is 0 Å². The molecular formula is C21H21N3O4. The monoisotopic (exact) mass is 379 g/mol. The smallest absolute Gasteiger partial charge is 0.329 e. The van der Waals surface area contributed by atoms with Crippen molar-refractivity contribution in [3.05, 3.63) is 42.1 Å². The third-order valence-electron chi connectivity index (χ3n) is 5.84. The lowest BCUT2D eigenvalue weighted by molar-refractivity contribution is -0.121. The van der Waals surface area contributed by atoms with E-state index in [1.54, 1.807) is 26.0 Å². The Balaban J connectivity index is 1.40. The molecular weight excluding hydrogens is 358 g/mol. The van der Waals surface area contributed by atoms with Gasteiger partial charge in [-0.1, -0.05) is 13.0 Å². The number of urea groups is 1. The summed E-state index contributed by atoms with van der Waals surface area (Å²) < 4.78 is 11.9. The van der Waals surface area contributed by atoms with Crippen molar-refractivity contribution < 1.29 is 19.1 Å². The number of amides is 3. The predicted octanol–water partition coefficient (Wildman–Crippen LogP) is 3.59. The number of ether oxygens (including phenoxy) is 2.